The topological polar surface area (TPSA) is 71.8 Å². The number of nitrogen functional groups attached to an aromatic ring is 1. The van der Waals surface area contributed by atoms with Crippen LogP contribution < -0.4 is 5.73 Å². The van der Waals surface area contributed by atoms with Crippen molar-refractivity contribution in [2.24, 2.45) is 0 Å². The van der Waals surface area contributed by atoms with E-state index in [2.05, 4.69) is 10.2 Å². The second-order valence-electron chi connectivity index (χ2n) is 3.58. The molecule has 0 aliphatic heterocycles. The Balaban J connectivity index is 2.50. The Morgan fingerprint density at radius 1 is 1.33 bits per heavy atom. The van der Waals surface area contributed by atoms with Gasteiger partial charge >= 0.3 is 6.18 Å². The SMILES string of the molecule is Nc1c(C(=O)c2cn[nH]c2)cccc1C(F)(F)F. The number of hydrogen-bond donors (Lipinski definition) is 2. The normalized spacial score (nSPS) is 11.5. The fraction of sp³-hybridized carbons (Fsp3) is 0.0909. The van der Waals surface area contributed by atoms with Crippen molar-refractivity contribution in [2.75, 3.05) is 5.73 Å². The Morgan fingerprint density at radius 3 is 2.61 bits per heavy atom. The number of para-hydroxylation sites is 1. The summed E-state index contributed by atoms with van der Waals surface area (Å²) >= 11 is 0. The molecule has 1 aromatic carbocycles. The number of carbonyl (C=O) groups is 1. The summed E-state index contributed by atoms with van der Waals surface area (Å²) in [5.41, 5.74) is 3.78. The Labute approximate surface area is 99.6 Å². The highest BCUT2D eigenvalue weighted by atomic mass is 19.4. The number of nitrogens with two attached hydrogens (primary N) is 1. The number of aromatic amines is 1. The number of aromatic nitrogens is 2. The van der Waals surface area contributed by atoms with E-state index in [0.29, 0.717) is 0 Å². The third-order valence-electron chi connectivity index (χ3n) is 2.42. The summed E-state index contributed by atoms with van der Waals surface area (Å²) in [7, 11) is 0. The van der Waals surface area contributed by atoms with Crippen LogP contribution in [0.2, 0.25) is 0 Å². The van der Waals surface area contributed by atoms with Crippen LogP contribution >= 0.6 is 0 Å². The van der Waals surface area contributed by atoms with Crippen LogP contribution in [0.1, 0.15) is 21.5 Å². The highest BCUT2D eigenvalue weighted by molar-refractivity contribution is 6.12. The van der Waals surface area contributed by atoms with Crippen molar-refractivity contribution in [3.8, 4) is 0 Å². The highest BCUT2D eigenvalue weighted by Crippen LogP contribution is 2.35. The second-order valence-corrected chi connectivity index (χ2v) is 3.58. The van der Waals surface area contributed by atoms with E-state index in [4.69, 9.17) is 5.73 Å². The van der Waals surface area contributed by atoms with Gasteiger partial charge in [-0.05, 0) is 12.1 Å². The summed E-state index contributed by atoms with van der Waals surface area (Å²) in [6.45, 7) is 0. The van der Waals surface area contributed by atoms with Crippen LogP contribution in [0.5, 0.6) is 0 Å². The molecule has 0 aliphatic rings. The molecule has 1 aromatic heterocycles. The third kappa shape index (κ3) is 2.06. The zero-order valence-electron chi connectivity index (χ0n) is 8.95. The molecule has 3 N–H and O–H groups in total. The van der Waals surface area contributed by atoms with Crippen LogP contribution in [0, 0.1) is 0 Å². The maximum Gasteiger partial charge on any atom is 0.418 e. The quantitative estimate of drug-likeness (QED) is 0.638. The predicted molar refractivity (Wildman–Crippen MR) is 57.9 cm³/mol. The molecule has 1 heterocycles. The molecular weight excluding hydrogens is 247 g/mol. The molecule has 0 saturated heterocycles. The first kappa shape index (κ1) is 12.2. The van der Waals surface area contributed by atoms with Gasteiger partial charge in [0.2, 0.25) is 0 Å². The van der Waals surface area contributed by atoms with Gasteiger partial charge in [-0.1, -0.05) is 6.07 Å². The molecular formula is C11H8F3N3O. The van der Waals surface area contributed by atoms with Crippen molar-refractivity contribution in [1.82, 2.24) is 10.2 Å². The van der Waals surface area contributed by atoms with E-state index in [1.807, 2.05) is 0 Å². The van der Waals surface area contributed by atoms with Crippen LogP contribution in [0.4, 0.5) is 18.9 Å². The minimum Gasteiger partial charge on any atom is -0.398 e. The van der Waals surface area contributed by atoms with Crippen molar-refractivity contribution in [3.63, 3.8) is 0 Å². The van der Waals surface area contributed by atoms with Crippen LogP contribution in [0.3, 0.4) is 0 Å². The highest BCUT2D eigenvalue weighted by Gasteiger charge is 2.34. The first-order valence-corrected chi connectivity index (χ1v) is 4.90. The lowest BCUT2D eigenvalue weighted by Gasteiger charge is -2.12. The average Bonchev–Trinajstić information content (AvgIpc) is 2.80. The Bertz CT molecular complexity index is 576. The summed E-state index contributed by atoms with van der Waals surface area (Å²) in [6.07, 6.45) is -2.07. The summed E-state index contributed by atoms with van der Waals surface area (Å²) in [6, 6.07) is 3.23. The van der Waals surface area contributed by atoms with Gasteiger partial charge in [-0.25, -0.2) is 0 Å². The van der Waals surface area contributed by atoms with Gasteiger partial charge < -0.3 is 5.73 Å². The van der Waals surface area contributed by atoms with Crippen molar-refractivity contribution in [1.29, 1.82) is 0 Å². The molecule has 0 spiro atoms. The van der Waals surface area contributed by atoms with Gasteiger partial charge in [0.25, 0.3) is 0 Å². The smallest absolute Gasteiger partial charge is 0.398 e. The number of ketones is 1. The molecule has 0 saturated carbocycles. The van der Waals surface area contributed by atoms with Crippen molar-refractivity contribution in [3.05, 3.63) is 47.3 Å². The number of alkyl halides is 3. The van der Waals surface area contributed by atoms with Gasteiger partial charge in [-0.3, -0.25) is 9.89 Å². The van der Waals surface area contributed by atoms with Crippen molar-refractivity contribution >= 4 is 11.5 Å². The molecule has 0 aliphatic carbocycles. The lowest BCUT2D eigenvalue weighted by Crippen LogP contribution is -2.13. The summed E-state index contributed by atoms with van der Waals surface area (Å²) in [4.78, 5) is 11.9. The van der Waals surface area contributed by atoms with Gasteiger partial charge in [0.05, 0.1) is 23.0 Å². The number of carbonyl (C=O) groups excluding carboxylic acids is 1. The van der Waals surface area contributed by atoms with Crippen molar-refractivity contribution < 1.29 is 18.0 Å². The van der Waals surface area contributed by atoms with Gasteiger partial charge in [-0.2, -0.15) is 18.3 Å². The standard InChI is InChI=1S/C11H8F3N3O/c12-11(13,14)8-3-1-2-7(9(8)15)10(18)6-4-16-17-5-6/h1-5H,15H2,(H,16,17). The molecule has 2 aromatic rings. The lowest BCUT2D eigenvalue weighted by atomic mass is 10.0. The summed E-state index contributed by atoms with van der Waals surface area (Å²) in [5.74, 6) is -0.604. The summed E-state index contributed by atoms with van der Waals surface area (Å²) < 4.78 is 37.9. The maximum absolute atomic E-state index is 12.6. The van der Waals surface area contributed by atoms with E-state index in [9.17, 15) is 18.0 Å². The molecule has 18 heavy (non-hydrogen) atoms. The van der Waals surface area contributed by atoms with E-state index in [1.54, 1.807) is 0 Å². The Kier molecular flexibility index (Phi) is 2.82. The summed E-state index contributed by atoms with van der Waals surface area (Å²) in [5, 5.41) is 5.97. The number of halogens is 3. The van der Waals surface area contributed by atoms with Crippen molar-refractivity contribution in [2.45, 2.75) is 6.18 Å². The van der Waals surface area contributed by atoms with Crippen LogP contribution in [0.25, 0.3) is 0 Å². The lowest BCUT2D eigenvalue weighted by molar-refractivity contribution is -0.136. The molecule has 2 rings (SSSR count). The molecule has 4 nitrogen and oxygen atoms in total. The Hall–Kier alpha value is -2.31. The second kappa shape index (κ2) is 4.17. The first-order chi connectivity index (χ1) is 8.41. The molecule has 0 bridgehead atoms. The van der Waals surface area contributed by atoms with E-state index in [-0.39, 0.29) is 11.1 Å². The molecule has 94 valence electrons. The van der Waals surface area contributed by atoms with E-state index >= 15 is 0 Å². The maximum atomic E-state index is 12.6. The molecule has 0 unspecified atom stereocenters. The number of H-pyrrole nitrogens is 1. The first-order valence-electron chi connectivity index (χ1n) is 4.90. The molecule has 0 atom stereocenters. The predicted octanol–water partition coefficient (Wildman–Crippen LogP) is 2.24. The molecule has 7 heteroatoms. The Morgan fingerprint density at radius 2 is 2.06 bits per heavy atom. The van der Waals surface area contributed by atoms with Gasteiger partial charge in [0.15, 0.2) is 5.78 Å². The van der Waals surface area contributed by atoms with Crippen LogP contribution in [-0.2, 0) is 6.18 Å². The molecule has 0 radical (unpaired) electrons. The van der Waals surface area contributed by atoms with Crippen LogP contribution in [-0.4, -0.2) is 16.0 Å². The average molecular weight is 255 g/mol. The number of nitrogens with zero attached hydrogens (tertiary/aromatic N) is 1. The van der Waals surface area contributed by atoms with Gasteiger partial charge in [0, 0.05) is 11.8 Å². The largest absolute Gasteiger partial charge is 0.418 e. The zero-order chi connectivity index (χ0) is 13.3. The van der Waals surface area contributed by atoms with Gasteiger partial charge in [-0.15, -0.1) is 0 Å². The van der Waals surface area contributed by atoms with E-state index in [0.717, 1.165) is 12.1 Å². The zero-order valence-corrected chi connectivity index (χ0v) is 8.95. The van der Waals surface area contributed by atoms with E-state index < -0.39 is 23.2 Å². The van der Waals surface area contributed by atoms with E-state index in [1.165, 1.54) is 18.5 Å². The fourth-order valence-electron chi connectivity index (χ4n) is 1.54. The monoisotopic (exact) mass is 255 g/mol. The van der Waals surface area contributed by atoms with Gasteiger partial charge in [0.1, 0.15) is 0 Å². The minimum absolute atomic E-state index is 0.154. The number of hydrogen-bond acceptors (Lipinski definition) is 3. The number of nitrogens with one attached hydrogen (secondary N) is 1. The minimum atomic E-state index is -4.59. The molecule has 0 fully saturated rings. The number of benzene rings is 1. The number of anilines is 1. The number of rotatable bonds is 2. The fourth-order valence-corrected chi connectivity index (χ4v) is 1.54. The van der Waals surface area contributed by atoms with Crippen LogP contribution in [0.15, 0.2) is 30.6 Å². The third-order valence-corrected chi connectivity index (χ3v) is 2.42. The molecule has 0 amide bonds.